The van der Waals surface area contributed by atoms with Gasteiger partial charge < -0.3 is 29.9 Å². The zero-order chi connectivity index (χ0) is 31.1. The summed E-state index contributed by atoms with van der Waals surface area (Å²) in [6.45, 7) is 1.77. The molecule has 0 fully saturated rings. The zero-order valence-electron chi connectivity index (χ0n) is 23.2. The van der Waals surface area contributed by atoms with Crippen LogP contribution in [0, 0.1) is 0 Å². The van der Waals surface area contributed by atoms with Crippen molar-refractivity contribution in [2.75, 3.05) is 12.8 Å². The van der Waals surface area contributed by atoms with Crippen LogP contribution in [0.3, 0.4) is 0 Å². The van der Waals surface area contributed by atoms with E-state index in [9.17, 15) is 24.3 Å². The van der Waals surface area contributed by atoms with Gasteiger partial charge in [0.25, 0.3) is 0 Å². The first-order valence-electron chi connectivity index (χ1n) is 12.6. The third-order valence-corrected chi connectivity index (χ3v) is 6.53. The zero-order valence-corrected chi connectivity index (χ0v) is 24.0. The molecule has 3 aromatic carbocycles. The largest absolute Gasteiger partial charge is 0.476 e. The van der Waals surface area contributed by atoms with Gasteiger partial charge in [-0.25, -0.2) is 14.6 Å². The highest BCUT2D eigenvalue weighted by Crippen LogP contribution is 2.50. The van der Waals surface area contributed by atoms with Crippen LogP contribution in [0.25, 0.3) is 22.3 Å². The number of carboxylic acid groups (broad SMARTS) is 1. The summed E-state index contributed by atoms with van der Waals surface area (Å²) in [7, 11) is 1.12. The molecule has 0 spiro atoms. The molecule has 220 valence electrons. The minimum atomic E-state index is -1.43. The fourth-order valence-electron chi connectivity index (χ4n) is 4.25. The maximum absolute atomic E-state index is 13.4. The van der Waals surface area contributed by atoms with E-state index in [0.29, 0.717) is 22.3 Å². The third kappa shape index (κ3) is 6.85. The molecule has 12 nitrogen and oxygen atoms in total. The number of hydrogen-bond donors (Lipinski definition) is 2. The molecule has 1 aromatic heterocycles. The number of carboxylic acids is 1. The summed E-state index contributed by atoms with van der Waals surface area (Å²) >= 11 is 1.02. The molecular weight excluding hydrogens is 578 g/mol. The number of aliphatic carboxylic acids is 1. The molecule has 4 aromatic rings. The topological polar surface area (TPSA) is 177 Å². The Balaban J connectivity index is 2.10. The summed E-state index contributed by atoms with van der Waals surface area (Å²) in [4.78, 5) is 59.5. The number of oxime groups is 1. The number of nitrogens with two attached hydrogens (primary N) is 1. The first kappa shape index (κ1) is 30.4. The van der Waals surface area contributed by atoms with Crippen LogP contribution in [0.2, 0.25) is 0 Å². The molecule has 0 radical (unpaired) electrons. The number of methoxy groups -OCH3 is 1. The van der Waals surface area contributed by atoms with Gasteiger partial charge in [-0.1, -0.05) is 65.8 Å². The standard InChI is InChI=1S/C30H25N3O9S/c1-16(34)41-26-23(19-12-8-5-9-13-19)22(18-10-6-4-7-11-18)20(24(29(38)39-3)27(26)42-17(2)35)14-40-33-25(28(36)37)21-15-43-30(31)32-21/h4-13,15H,14H2,1-3H3,(H2,31,32)(H,36,37)/b33-25-. The lowest BCUT2D eigenvalue weighted by Crippen LogP contribution is -2.18. The van der Waals surface area contributed by atoms with Crippen molar-refractivity contribution in [2.24, 2.45) is 5.16 Å². The van der Waals surface area contributed by atoms with Crippen molar-refractivity contribution in [2.45, 2.75) is 20.5 Å². The number of carbonyl (C=O) groups is 4. The number of nitrogens with zero attached hydrogens (tertiary/aromatic N) is 2. The first-order chi connectivity index (χ1) is 20.6. The third-order valence-electron chi connectivity index (χ3n) is 5.85. The molecule has 3 N–H and O–H groups in total. The highest BCUT2D eigenvalue weighted by atomic mass is 32.1. The van der Waals surface area contributed by atoms with Gasteiger partial charge in [-0.15, -0.1) is 11.3 Å². The van der Waals surface area contributed by atoms with Gasteiger partial charge in [-0.3, -0.25) is 9.59 Å². The number of hydrogen-bond acceptors (Lipinski definition) is 12. The van der Waals surface area contributed by atoms with Crippen LogP contribution < -0.4 is 15.2 Å². The van der Waals surface area contributed by atoms with E-state index in [0.717, 1.165) is 32.3 Å². The van der Waals surface area contributed by atoms with Crippen molar-refractivity contribution in [3.05, 3.63) is 82.9 Å². The molecule has 0 amide bonds. The van der Waals surface area contributed by atoms with Crippen LogP contribution in [0.1, 0.15) is 35.5 Å². The summed E-state index contributed by atoms with van der Waals surface area (Å²) < 4.78 is 16.2. The molecular formula is C30H25N3O9S. The smallest absolute Gasteiger partial charge is 0.360 e. The Bertz CT molecular complexity index is 1720. The van der Waals surface area contributed by atoms with E-state index in [1.807, 2.05) is 0 Å². The summed E-state index contributed by atoms with van der Waals surface area (Å²) in [6, 6.07) is 17.6. The molecule has 0 saturated heterocycles. The van der Waals surface area contributed by atoms with Crippen molar-refractivity contribution >= 4 is 46.1 Å². The number of benzene rings is 3. The molecule has 43 heavy (non-hydrogen) atoms. The lowest BCUT2D eigenvalue weighted by molar-refractivity contribution is -0.134. The fourth-order valence-corrected chi connectivity index (χ4v) is 4.80. The second-order valence-electron chi connectivity index (χ2n) is 8.76. The van der Waals surface area contributed by atoms with E-state index >= 15 is 0 Å². The van der Waals surface area contributed by atoms with Crippen LogP contribution in [-0.4, -0.2) is 46.8 Å². The van der Waals surface area contributed by atoms with Crippen molar-refractivity contribution in [1.82, 2.24) is 4.98 Å². The van der Waals surface area contributed by atoms with Crippen molar-refractivity contribution in [3.8, 4) is 33.8 Å². The Kier molecular flexibility index (Phi) is 9.47. The molecule has 0 bridgehead atoms. The van der Waals surface area contributed by atoms with E-state index < -0.39 is 36.2 Å². The van der Waals surface area contributed by atoms with Gasteiger partial charge in [0.05, 0.1) is 7.11 Å². The molecule has 0 unspecified atom stereocenters. The van der Waals surface area contributed by atoms with Crippen LogP contribution in [0.4, 0.5) is 5.13 Å². The maximum atomic E-state index is 13.4. The van der Waals surface area contributed by atoms with Crippen LogP contribution in [-0.2, 0) is 30.6 Å². The van der Waals surface area contributed by atoms with Crippen LogP contribution in [0.5, 0.6) is 11.5 Å². The predicted octanol–water partition coefficient (Wildman–Crippen LogP) is 4.70. The van der Waals surface area contributed by atoms with Gasteiger partial charge in [0.15, 0.2) is 16.6 Å². The Morgan fingerprint density at radius 2 is 1.44 bits per heavy atom. The van der Waals surface area contributed by atoms with E-state index in [4.69, 9.17) is 24.8 Å². The number of carbonyl (C=O) groups excluding carboxylic acids is 3. The van der Waals surface area contributed by atoms with Gasteiger partial charge in [-0.05, 0) is 11.1 Å². The number of rotatable bonds is 10. The molecule has 0 saturated carbocycles. The summed E-state index contributed by atoms with van der Waals surface area (Å²) in [5, 5.41) is 15.1. The van der Waals surface area contributed by atoms with Crippen molar-refractivity contribution < 1.29 is 43.3 Å². The second-order valence-corrected chi connectivity index (χ2v) is 9.65. The molecule has 0 aliphatic carbocycles. The first-order valence-corrected chi connectivity index (χ1v) is 13.4. The Hall–Kier alpha value is -5.56. The number of anilines is 1. The second kappa shape index (κ2) is 13.4. The minimum Gasteiger partial charge on any atom is -0.476 e. The summed E-state index contributed by atoms with van der Waals surface area (Å²) in [5.41, 5.74) is 6.65. The molecule has 0 atom stereocenters. The predicted molar refractivity (Wildman–Crippen MR) is 157 cm³/mol. The lowest BCUT2D eigenvalue weighted by Gasteiger charge is -2.24. The van der Waals surface area contributed by atoms with E-state index in [1.54, 1.807) is 60.7 Å². The highest BCUT2D eigenvalue weighted by Gasteiger charge is 2.34. The summed E-state index contributed by atoms with van der Waals surface area (Å²) in [6.07, 6.45) is 0. The van der Waals surface area contributed by atoms with Crippen LogP contribution >= 0.6 is 11.3 Å². The lowest BCUT2D eigenvalue weighted by atomic mass is 9.86. The number of nitrogen functional groups attached to an aromatic ring is 1. The van der Waals surface area contributed by atoms with Crippen molar-refractivity contribution in [1.29, 1.82) is 0 Å². The van der Waals surface area contributed by atoms with E-state index in [-0.39, 0.29) is 33.5 Å². The molecule has 13 heteroatoms. The molecule has 1 heterocycles. The monoisotopic (exact) mass is 603 g/mol. The van der Waals surface area contributed by atoms with Gasteiger partial charge in [-0.2, -0.15) is 0 Å². The Morgan fingerprint density at radius 3 is 1.93 bits per heavy atom. The summed E-state index contributed by atoms with van der Waals surface area (Å²) in [5.74, 6) is -4.54. The SMILES string of the molecule is COC(=O)c1c(CO/N=C(\C(=O)O)c2csc(N)n2)c(-c2ccccc2)c(-c2ccccc2)c(OC(C)=O)c1OC(C)=O. The van der Waals surface area contributed by atoms with Crippen molar-refractivity contribution in [3.63, 3.8) is 0 Å². The Labute approximate surface area is 249 Å². The Morgan fingerprint density at radius 1 is 0.884 bits per heavy atom. The maximum Gasteiger partial charge on any atom is 0.360 e. The van der Waals surface area contributed by atoms with Gasteiger partial charge in [0.2, 0.25) is 5.71 Å². The molecule has 0 aliphatic rings. The average Bonchev–Trinajstić information content (AvgIpc) is 3.41. The normalized spacial score (nSPS) is 11.0. The van der Waals surface area contributed by atoms with Gasteiger partial charge >= 0.3 is 23.9 Å². The van der Waals surface area contributed by atoms with E-state index in [1.165, 1.54) is 5.38 Å². The van der Waals surface area contributed by atoms with Crippen LogP contribution in [0.15, 0.2) is 71.2 Å². The minimum absolute atomic E-state index is 0.0257. The number of aromatic nitrogens is 1. The highest BCUT2D eigenvalue weighted by molar-refractivity contribution is 7.13. The fraction of sp³-hybridized carbons (Fsp3) is 0.133. The quantitative estimate of drug-likeness (QED) is 0.111. The van der Waals surface area contributed by atoms with Gasteiger partial charge in [0.1, 0.15) is 17.9 Å². The number of esters is 3. The van der Waals surface area contributed by atoms with Gasteiger partial charge in [0, 0.05) is 35.9 Å². The number of ether oxygens (including phenoxy) is 3. The average molecular weight is 604 g/mol. The molecule has 4 rings (SSSR count). The molecule has 0 aliphatic heterocycles. The van der Waals surface area contributed by atoms with E-state index in [2.05, 4.69) is 10.1 Å². The number of thiazole rings is 1.